The highest BCUT2D eigenvalue weighted by atomic mass is 16.5. The van der Waals surface area contributed by atoms with Crippen molar-refractivity contribution in [3.8, 4) is 5.82 Å². The first kappa shape index (κ1) is 20.2. The van der Waals surface area contributed by atoms with E-state index < -0.39 is 0 Å². The third kappa shape index (κ3) is 3.70. The highest BCUT2D eigenvalue weighted by Gasteiger charge is 2.31. The van der Waals surface area contributed by atoms with Crippen molar-refractivity contribution in [1.82, 2.24) is 19.5 Å². The summed E-state index contributed by atoms with van der Waals surface area (Å²) in [6.45, 7) is 11.0. The summed E-state index contributed by atoms with van der Waals surface area (Å²) in [5.41, 5.74) is 2.48. The Balaban J connectivity index is 1.72. The quantitative estimate of drug-likeness (QED) is 0.809. The van der Waals surface area contributed by atoms with Crippen LogP contribution in [0.5, 0.6) is 0 Å². The Morgan fingerprint density at radius 1 is 1.18 bits per heavy atom. The minimum atomic E-state index is 0.00184. The zero-order valence-corrected chi connectivity index (χ0v) is 17.7. The molecule has 0 aliphatic carbocycles. The maximum atomic E-state index is 13.1. The molecule has 0 atom stereocenters. The van der Waals surface area contributed by atoms with E-state index in [1.165, 1.54) is 0 Å². The topological polar surface area (TPSA) is 71.6 Å². The molecule has 2 aromatic heterocycles. The van der Waals surface area contributed by atoms with Crippen LogP contribution in [0.3, 0.4) is 0 Å². The van der Waals surface area contributed by atoms with Gasteiger partial charge < -0.3 is 14.3 Å². The highest BCUT2D eigenvalue weighted by molar-refractivity contribution is 5.96. The lowest BCUT2D eigenvalue weighted by Gasteiger charge is -2.34. The van der Waals surface area contributed by atoms with Gasteiger partial charge in [0.25, 0.3) is 5.91 Å². The number of aryl methyl sites for hydroxylation is 2. The normalized spacial score (nSPS) is 15.3. The van der Waals surface area contributed by atoms with E-state index in [-0.39, 0.29) is 23.8 Å². The van der Waals surface area contributed by atoms with Crippen molar-refractivity contribution in [1.29, 1.82) is 0 Å². The first-order valence-electron chi connectivity index (χ1n) is 9.89. The first-order chi connectivity index (χ1) is 13.2. The second kappa shape index (κ2) is 7.81. The van der Waals surface area contributed by atoms with Crippen LogP contribution in [-0.2, 0) is 4.79 Å². The van der Waals surface area contributed by atoms with Gasteiger partial charge in [0.1, 0.15) is 5.76 Å². The van der Waals surface area contributed by atoms with Crippen LogP contribution in [0.1, 0.15) is 54.2 Å². The standard InChI is InChI=1S/C21H30N4O3/c1-13(2)23(6)20(26)17-7-9-24(10-8-17)21(27)18-11-14(3)25(16(18)5)19-12-15(4)28-22-19/h11-13,17H,7-10H2,1-6H3. The molecule has 1 aliphatic rings. The number of hydrogen-bond acceptors (Lipinski definition) is 4. The van der Waals surface area contributed by atoms with E-state index in [2.05, 4.69) is 5.16 Å². The van der Waals surface area contributed by atoms with Gasteiger partial charge in [0, 0.05) is 49.6 Å². The molecule has 0 unspecified atom stereocenters. The lowest BCUT2D eigenvalue weighted by atomic mass is 9.94. The third-order valence-corrected chi connectivity index (χ3v) is 5.76. The third-order valence-electron chi connectivity index (χ3n) is 5.76. The van der Waals surface area contributed by atoms with Crippen LogP contribution in [0, 0.1) is 26.7 Å². The summed E-state index contributed by atoms with van der Waals surface area (Å²) in [6, 6.07) is 3.96. The molecule has 1 aliphatic heterocycles. The van der Waals surface area contributed by atoms with Crippen molar-refractivity contribution >= 4 is 11.8 Å². The fraction of sp³-hybridized carbons (Fsp3) is 0.571. The molecule has 152 valence electrons. The van der Waals surface area contributed by atoms with E-state index in [1.807, 2.05) is 63.3 Å². The van der Waals surface area contributed by atoms with Crippen LogP contribution in [0.25, 0.3) is 5.82 Å². The van der Waals surface area contributed by atoms with Crippen LogP contribution in [0.2, 0.25) is 0 Å². The van der Waals surface area contributed by atoms with Gasteiger partial charge in [0.15, 0.2) is 5.82 Å². The van der Waals surface area contributed by atoms with Crippen molar-refractivity contribution in [3.05, 3.63) is 34.8 Å². The van der Waals surface area contributed by atoms with Crippen LogP contribution >= 0.6 is 0 Å². The number of aromatic nitrogens is 2. The van der Waals surface area contributed by atoms with Crippen LogP contribution in [0.15, 0.2) is 16.7 Å². The molecule has 3 heterocycles. The van der Waals surface area contributed by atoms with Crippen molar-refractivity contribution in [2.24, 2.45) is 5.92 Å². The molecular weight excluding hydrogens is 356 g/mol. The smallest absolute Gasteiger partial charge is 0.255 e. The highest BCUT2D eigenvalue weighted by Crippen LogP contribution is 2.25. The maximum absolute atomic E-state index is 13.1. The number of carbonyl (C=O) groups excluding carboxylic acids is 2. The van der Waals surface area contributed by atoms with Crippen molar-refractivity contribution < 1.29 is 14.1 Å². The number of amides is 2. The van der Waals surface area contributed by atoms with Crippen LogP contribution < -0.4 is 0 Å². The zero-order chi connectivity index (χ0) is 20.6. The summed E-state index contributed by atoms with van der Waals surface area (Å²) in [5.74, 6) is 1.62. The van der Waals surface area contributed by atoms with Gasteiger partial charge in [-0.2, -0.15) is 0 Å². The predicted octanol–water partition coefficient (Wildman–Crippen LogP) is 3.11. The average molecular weight is 386 g/mol. The van der Waals surface area contributed by atoms with Gasteiger partial charge in [-0.3, -0.25) is 14.2 Å². The monoisotopic (exact) mass is 386 g/mol. The zero-order valence-electron chi connectivity index (χ0n) is 17.7. The number of rotatable bonds is 4. The Labute approximate surface area is 166 Å². The van der Waals surface area contributed by atoms with E-state index in [0.29, 0.717) is 37.3 Å². The Kier molecular flexibility index (Phi) is 5.63. The minimum absolute atomic E-state index is 0.00184. The molecule has 7 heteroatoms. The summed E-state index contributed by atoms with van der Waals surface area (Å²) < 4.78 is 7.13. The summed E-state index contributed by atoms with van der Waals surface area (Å²) in [7, 11) is 1.85. The fourth-order valence-corrected chi connectivity index (χ4v) is 3.83. The molecule has 28 heavy (non-hydrogen) atoms. The van der Waals surface area contributed by atoms with Crippen molar-refractivity contribution in [2.45, 2.75) is 53.5 Å². The molecule has 0 radical (unpaired) electrons. The number of piperidine rings is 1. The second-order valence-corrected chi connectivity index (χ2v) is 8.03. The summed E-state index contributed by atoms with van der Waals surface area (Å²) in [5, 5.41) is 4.07. The molecule has 0 spiro atoms. The molecule has 0 bridgehead atoms. The molecule has 7 nitrogen and oxygen atoms in total. The number of nitrogens with zero attached hydrogens (tertiary/aromatic N) is 4. The van der Waals surface area contributed by atoms with E-state index in [1.54, 1.807) is 4.90 Å². The summed E-state index contributed by atoms with van der Waals surface area (Å²) in [4.78, 5) is 29.3. The molecule has 3 rings (SSSR count). The maximum Gasteiger partial charge on any atom is 0.255 e. The van der Waals surface area contributed by atoms with E-state index >= 15 is 0 Å². The molecule has 1 fully saturated rings. The Bertz CT molecular complexity index is 872. The van der Waals surface area contributed by atoms with Gasteiger partial charge in [-0.1, -0.05) is 5.16 Å². The first-order valence-corrected chi connectivity index (χ1v) is 9.89. The number of hydrogen-bond donors (Lipinski definition) is 0. The predicted molar refractivity (Wildman–Crippen MR) is 107 cm³/mol. The van der Waals surface area contributed by atoms with Crippen LogP contribution in [-0.4, -0.2) is 57.5 Å². The molecule has 1 saturated heterocycles. The lowest BCUT2D eigenvalue weighted by Crippen LogP contribution is -2.45. The molecule has 0 N–H and O–H groups in total. The average Bonchev–Trinajstić information content (AvgIpc) is 3.22. The van der Waals surface area contributed by atoms with Crippen molar-refractivity contribution in [2.75, 3.05) is 20.1 Å². The molecule has 2 amide bonds. The van der Waals surface area contributed by atoms with Crippen molar-refractivity contribution in [3.63, 3.8) is 0 Å². The lowest BCUT2D eigenvalue weighted by molar-refractivity contribution is -0.137. The summed E-state index contributed by atoms with van der Waals surface area (Å²) >= 11 is 0. The number of carbonyl (C=O) groups is 2. The largest absolute Gasteiger partial charge is 0.360 e. The fourth-order valence-electron chi connectivity index (χ4n) is 3.83. The van der Waals surface area contributed by atoms with Gasteiger partial charge in [-0.05, 0) is 53.5 Å². The Morgan fingerprint density at radius 2 is 1.82 bits per heavy atom. The van der Waals surface area contributed by atoms with E-state index in [4.69, 9.17) is 4.52 Å². The van der Waals surface area contributed by atoms with Gasteiger partial charge in [0.2, 0.25) is 5.91 Å². The minimum Gasteiger partial charge on any atom is -0.360 e. The van der Waals surface area contributed by atoms with Gasteiger partial charge in [-0.25, -0.2) is 0 Å². The van der Waals surface area contributed by atoms with Crippen LogP contribution in [0.4, 0.5) is 0 Å². The van der Waals surface area contributed by atoms with E-state index in [9.17, 15) is 9.59 Å². The van der Waals surface area contributed by atoms with Gasteiger partial charge >= 0.3 is 0 Å². The number of likely N-dealkylation sites (tertiary alicyclic amines) is 1. The molecular formula is C21H30N4O3. The Hall–Kier alpha value is -2.57. The second-order valence-electron chi connectivity index (χ2n) is 8.03. The Morgan fingerprint density at radius 3 is 2.36 bits per heavy atom. The molecule has 0 aromatic carbocycles. The molecule has 0 saturated carbocycles. The van der Waals surface area contributed by atoms with E-state index in [0.717, 1.165) is 17.1 Å². The summed E-state index contributed by atoms with van der Waals surface area (Å²) in [6.07, 6.45) is 1.42. The SMILES string of the molecule is Cc1cc(-n2c(C)cc(C(=O)N3CCC(C(=O)N(C)C(C)C)CC3)c2C)no1. The van der Waals surface area contributed by atoms with Gasteiger partial charge in [0.05, 0.1) is 5.56 Å². The molecule has 2 aromatic rings. The van der Waals surface area contributed by atoms with Gasteiger partial charge in [-0.15, -0.1) is 0 Å².